The van der Waals surface area contributed by atoms with Crippen molar-refractivity contribution in [3.05, 3.63) is 11.6 Å². The largest absolute Gasteiger partial charge is 0.391 e. The molecule has 0 saturated heterocycles. The van der Waals surface area contributed by atoms with Gasteiger partial charge in [-0.3, -0.25) is 0 Å². The first-order valence-corrected chi connectivity index (χ1v) is 7.49. The van der Waals surface area contributed by atoms with E-state index in [0.29, 0.717) is 6.42 Å². The van der Waals surface area contributed by atoms with Crippen LogP contribution in [0.1, 0.15) is 57.8 Å². The SMILES string of the molecule is NC(C1=CCCCCC1)C1CCCC(C(F)(F)F)C1. The van der Waals surface area contributed by atoms with Crippen molar-refractivity contribution >= 4 is 0 Å². The molecule has 0 heterocycles. The van der Waals surface area contributed by atoms with Gasteiger partial charge in [0.2, 0.25) is 0 Å². The van der Waals surface area contributed by atoms with Crippen LogP contribution in [-0.4, -0.2) is 12.2 Å². The second-order valence-corrected chi connectivity index (χ2v) is 6.07. The minimum absolute atomic E-state index is 0.0183. The van der Waals surface area contributed by atoms with Crippen molar-refractivity contribution < 1.29 is 13.2 Å². The van der Waals surface area contributed by atoms with Crippen LogP contribution in [0.15, 0.2) is 11.6 Å². The second-order valence-electron chi connectivity index (χ2n) is 6.07. The molecule has 3 unspecified atom stereocenters. The Bertz CT molecular complexity index is 322. The van der Waals surface area contributed by atoms with Crippen LogP contribution in [0.4, 0.5) is 13.2 Å². The zero-order valence-electron chi connectivity index (χ0n) is 11.4. The predicted molar refractivity (Wildman–Crippen MR) is 70.6 cm³/mol. The summed E-state index contributed by atoms with van der Waals surface area (Å²) in [7, 11) is 0. The van der Waals surface area contributed by atoms with Gasteiger partial charge in [-0.2, -0.15) is 13.2 Å². The van der Waals surface area contributed by atoms with Crippen LogP contribution in [0.3, 0.4) is 0 Å². The topological polar surface area (TPSA) is 26.0 Å². The molecule has 1 nitrogen and oxygen atoms in total. The van der Waals surface area contributed by atoms with Gasteiger partial charge in [-0.15, -0.1) is 0 Å². The molecule has 110 valence electrons. The third-order valence-electron chi connectivity index (χ3n) is 4.69. The fraction of sp³-hybridized carbons (Fsp3) is 0.867. The number of alkyl halides is 3. The molecule has 0 aliphatic heterocycles. The first-order valence-electron chi connectivity index (χ1n) is 7.49. The van der Waals surface area contributed by atoms with Gasteiger partial charge in [0.15, 0.2) is 0 Å². The molecule has 4 heteroatoms. The number of nitrogens with two attached hydrogens (primary N) is 1. The Morgan fingerprint density at radius 1 is 1.11 bits per heavy atom. The van der Waals surface area contributed by atoms with Crippen LogP contribution >= 0.6 is 0 Å². The lowest BCUT2D eigenvalue weighted by atomic mass is 9.75. The first kappa shape index (κ1) is 14.9. The lowest BCUT2D eigenvalue weighted by Crippen LogP contribution is -2.38. The van der Waals surface area contributed by atoms with Gasteiger partial charge in [-0.25, -0.2) is 0 Å². The average Bonchev–Trinajstić information content (AvgIpc) is 2.66. The Labute approximate surface area is 113 Å². The van der Waals surface area contributed by atoms with Crippen molar-refractivity contribution in [2.45, 2.75) is 70.0 Å². The molecule has 19 heavy (non-hydrogen) atoms. The van der Waals surface area contributed by atoms with Gasteiger partial charge in [-0.05, 0) is 50.9 Å². The van der Waals surface area contributed by atoms with Crippen molar-refractivity contribution in [3.8, 4) is 0 Å². The minimum Gasteiger partial charge on any atom is -0.324 e. The minimum atomic E-state index is -4.05. The van der Waals surface area contributed by atoms with E-state index in [4.69, 9.17) is 5.73 Å². The van der Waals surface area contributed by atoms with Crippen molar-refractivity contribution in [2.24, 2.45) is 17.6 Å². The maximum Gasteiger partial charge on any atom is 0.391 e. The van der Waals surface area contributed by atoms with Crippen molar-refractivity contribution in [2.75, 3.05) is 0 Å². The highest BCUT2D eigenvalue weighted by Gasteiger charge is 2.43. The highest BCUT2D eigenvalue weighted by Crippen LogP contribution is 2.42. The summed E-state index contributed by atoms with van der Waals surface area (Å²) < 4.78 is 38.5. The van der Waals surface area contributed by atoms with E-state index in [0.717, 1.165) is 25.7 Å². The third kappa shape index (κ3) is 3.98. The first-order chi connectivity index (χ1) is 8.98. The van der Waals surface area contributed by atoms with Crippen LogP contribution in [-0.2, 0) is 0 Å². The fourth-order valence-corrected chi connectivity index (χ4v) is 3.50. The summed E-state index contributed by atoms with van der Waals surface area (Å²) in [5.41, 5.74) is 7.48. The normalized spacial score (nSPS) is 31.5. The summed E-state index contributed by atoms with van der Waals surface area (Å²) in [4.78, 5) is 0. The molecule has 2 rings (SSSR count). The molecule has 0 amide bonds. The molecule has 2 aliphatic rings. The molecule has 1 fully saturated rings. The highest BCUT2D eigenvalue weighted by atomic mass is 19.4. The van der Waals surface area contributed by atoms with Crippen molar-refractivity contribution in [3.63, 3.8) is 0 Å². The van der Waals surface area contributed by atoms with Crippen LogP contribution < -0.4 is 5.73 Å². The number of rotatable bonds is 2. The molecule has 0 spiro atoms. The fourth-order valence-electron chi connectivity index (χ4n) is 3.50. The Morgan fingerprint density at radius 2 is 1.89 bits per heavy atom. The van der Waals surface area contributed by atoms with Gasteiger partial charge in [0.05, 0.1) is 5.92 Å². The van der Waals surface area contributed by atoms with E-state index in [2.05, 4.69) is 6.08 Å². The van der Waals surface area contributed by atoms with Crippen LogP contribution in [0, 0.1) is 11.8 Å². The summed E-state index contributed by atoms with van der Waals surface area (Å²) in [6.45, 7) is 0. The van der Waals surface area contributed by atoms with Crippen LogP contribution in [0.5, 0.6) is 0 Å². The lowest BCUT2D eigenvalue weighted by molar-refractivity contribution is -0.186. The molecule has 3 atom stereocenters. The maximum absolute atomic E-state index is 12.8. The summed E-state index contributed by atoms with van der Waals surface area (Å²) >= 11 is 0. The lowest BCUT2D eigenvalue weighted by Gasteiger charge is -2.34. The molecule has 0 bridgehead atoms. The summed E-state index contributed by atoms with van der Waals surface area (Å²) in [5.74, 6) is -1.12. The number of hydrogen-bond donors (Lipinski definition) is 1. The predicted octanol–water partition coefficient (Wildman–Crippen LogP) is 4.57. The number of hydrogen-bond acceptors (Lipinski definition) is 1. The van der Waals surface area contributed by atoms with Crippen LogP contribution in [0.25, 0.3) is 0 Å². The summed E-state index contributed by atoms with van der Waals surface area (Å²) in [6, 6.07) is -0.150. The second kappa shape index (κ2) is 6.29. The molecule has 0 aromatic carbocycles. The van der Waals surface area contributed by atoms with E-state index in [1.807, 2.05) is 0 Å². The zero-order chi connectivity index (χ0) is 13.9. The molecule has 1 saturated carbocycles. The Balaban J connectivity index is 1.98. The molecule has 0 aromatic rings. The standard InChI is InChI=1S/C15H24F3N/c16-15(17,18)13-9-5-8-12(10-13)14(19)11-6-3-1-2-4-7-11/h6,12-14H,1-5,7-10,19H2. The maximum atomic E-state index is 12.8. The van der Waals surface area contributed by atoms with Crippen LogP contribution in [0.2, 0.25) is 0 Å². The third-order valence-corrected chi connectivity index (χ3v) is 4.69. The van der Waals surface area contributed by atoms with Gasteiger partial charge in [-0.1, -0.05) is 24.5 Å². The van der Waals surface area contributed by atoms with E-state index in [1.54, 1.807) is 0 Å². The summed E-state index contributed by atoms with van der Waals surface area (Å²) in [5, 5.41) is 0. The van der Waals surface area contributed by atoms with Gasteiger partial charge in [0.1, 0.15) is 0 Å². The van der Waals surface area contributed by atoms with E-state index < -0.39 is 12.1 Å². The Kier molecular flexibility index (Phi) is 4.93. The molecular formula is C15H24F3N. The van der Waals surface area contributed by atoms with Gasteiger partial charge < -0.3 is 5.73 Å². The molecule has 0 radical (unpaired) electrons. The molecule has 2 aliphatic carbocycles. The summed E-state index contributed by atoms with van der Waals surface area (Å²) in [6.07, 6.45) is 5.72. The van der Waals surface area contributed by atoms with Crippen molar-refractivity contribution in [1.82, 2.24) is 0 Å². The van der Waals surface area contributed by atoms with E-state index in [-0.39, 0.29) is 24.8 Å². The van der Waals surface area contributed by atoms with E-state index >= 15 is 0 Å². The molecule has 2 N–H and O–H groups in total. The molecular weight excluding hydrogens is 251 g/mol. The van der Waals surface area contributed by atoms with Gasteiger partial charge >= 0.3 is 6.18 Å². The smallest absolute Gasteiger partial charge is 0.324 e. The Hall–Kier alpha value is -0.510. The van der Waals surface area contributed by atoms with Gasteiger partial charge in [0.25, 0.3) is 0 Å². The number of allylic oxidation sites excluding steroid dienone is 1. The highest BCUT2D eigenvalue weighted by molar-refractivity contribution is 5.13. The average molecular weight is 275 g/mol. The van der Waals surface area contributed by atoms with E-state index in [1.165, 1.54) is 18.4 Å². The van der Waals surface area contributed by atoms with Crippen molar-refractivity contribution in [1.29, 1.82) is 0 Å². The van der Waals surface area contributed by atoms with E-state index in [9.17, 15) is 13.2 Å². The zero-order valence-corrected chi connectivity index (χ0v) is 11.4. The quantitative estimate of drug-likeness (QED) is 0.734. The monoisotopic (exact) mass is 275 g/mol. The number of halogens is 3. The van der Waals surface area contributed by atoms with Gasteiger partial charge in [0, 0.05) is 6.04 Å². The molecule has 0 aromatic heterocycles. The Morgan fingerprint density at radius 3 is 2.63 bits per heavy atom.